The van der Waals surface area contributed by atoms with Crippen LogP contribution in [0.2, 0.25) is 10.0 Å². The van der Waals surface area contributed by atoms with Crippen molar-refractivity contribution >= 4 is 68.4 Å². The van der Waals surface area contributed by atoms with Crippen molar-refractivity contribution in [3.63, 3.8) is 0 Å². The molecule has 0 saturated heterocycles. The molecule has 0 radical (unpaired) electrons. The van der Waals surface area contributed by atoms with Gasteiger partial charge in [-0.3, -0.25) is 0 Å². The molecule has 0 aliphatic rings. The standard InChI is InChI=1S/C12H5Cl4F6N3S2/c1-5-11(26-12(15,16)17)9(4-23)24-25(5)10-7(13)2-6(3-8(10)14)27(18,19,20,21)22/h2-3H,1H3. The van der Waals surface area contributed by atoms with Crippen LogP contribution in [-0.2, 0) is 0 Å². The maximum atomic E-state index is 13.5. The number of nitriles is 1. The maximum absolute atomic E-state index is 13.5. The van der Waals surface area contributed by atoms with Crippen molar-refractivity contribution in [2.45, 2.75) is 20.6 Å². The molecule has 0 unspecified atom stereocenters. The van der Waals surface area contributed by atoms with E-state index < -0.39 is 34.8 Å². The van der Waals surface area contributed by atoms with E-state index in [1.54, 1.807) is 6.07 Å². The highest BCUT2D eigenvalue weighted by Gasteiger charge is 2.65. The fourth-order valence-corrected chi connectivity index (χ4v) is 4.55. The summed E-state index contributed by atoms with van der Waals surface area (Å²) < 4.78 is 76.3. The molecule has 2 rings (SSSR count). The summed E-state index contributed by atoms with van der Waals surface area (Å²) in [5.74, 6) is 0. The summed E-state index contributed by atoms with van der Waals surface area (Å²) in [6.45, 7) is 1.29. The van der Waals surface area contributed by atoms with Crippen LogP contribution in [0.25, 0.3) is 5.69 Å². The predicted molar refractivity (Wildman–Crippen MR) is 95.8 cm³/mol. The van der Waals surface area contributed by atoms with Crippen molar-refractivity contribution in [2.75, 3.05) is 0 Å². The Kier molecular flexibility index (Phi) is 5.18. The van der Waals surface area contributed by atoms with Crippen LogP contribution >= 0.6 is 68.4 Å². The Labute approximate surface area is 172 Å². The number of halogens is 10. The van der Waals surface area contributed by atoms with E-state index in [0.29, 0.717) is 0 Å². The molecule has 3 nitrogen and oxygen atoms in total. The average molecular weight is 511 g/mol. The monoisotopic (exact) mass is 509 g/mol. The minimum absolute atomic E-state index is 0.00709. The van der Waals surface area contributed by atoms with Crippen molar-refractivity contribution in [1.82, 2.24) is 9.78 Å². The van der Waals surface area contributed by atoms with E-state index in [9.17, 15) is 23.8 Å². The average Bonchev–Trinajstić information content (AvgIpc) is 2.71. The van der Waals surface area contributed by atoms with Crippen LogP contribution in [0.5, 0.6) is 0 Å². The van der Waals surface area contributed by atoms with E-state index in [0.717, 1.165) is 4.68 Å². The van der Waals surface area contributed by atoms with Gasteiger partial charge in [0.25, 0.3) is 0 Å². The number of aromatic nitrogens is 2. The van der Waals surface area contributed by atoms with E-state index in [1.165, 1.54) is 6.92 Å². The largest absolute Gasteiger partial charge is 0.310 e. The lowest BCUT2D eigenvalue weighted by atomic mass is 10.3. The van der Waals surface area contributed by atoms with E-state index in [-0.39, 0.29) is 40.2 Å². The number of benzene rings is 1. The highest BCUT2D eigenvalue weighted by atomic mass is 35.5. The number of nitrogens with zero attached hydrogens (tertiary/aromatic N) is 3. The van der Waals surface area contributed by atoms with Gasteiger partial charge >= 0.3 is 14.1 Å². The molecule has 1 aromatic carbocycles. The molecule has 0 saturated carbocycles. The summed E-state index contributed by atoms with van der Waals surface area (Å²) in [5, 5.41) is 11.2. The second kappa shape index (κ2) is 6.18. The zero-order valence-electron chi connectivity index (χ0n) is 12.6. The molecule has 0 atom stereocenters. The molecular weight excluding hydrogens is 506 g/mol. The number of alkyl halides is 3. The third-order valence-electron chi connectivity index (χ3n) is 3.03. The van der Waals surface area contributed by atoms with Crippen LogP contribution in [0.3, 0.4) is 0 Å². The maximum Gasteiger partial charge on any atom is 0.310 e. The van der Waals surface area contributed by atoms with Gasteiger partial charge in [-0.1, -0.05) is 65.8 Å². The van der Waals surface area contributed by atoms with Crippen LogP contribution in [0.4, 0.5) is 23.8 Å². The van der Waals surface area contributed by atoms with Crippen LogP contribution in [0.1, 0.15) is 11.4 Å². The summed E-state index contributed by atoms with van der Waals surface area (Å²) in [6.07, 6.45) is 0. The van der Waals surface area contributed by atoms with E-state index in [4.69, 9.17) is 51.7 Å². The van der Waals surface area contributed by atoms with Crippen molar-refractivity contribution in [1.29, 1.82) is 5.26 Å². The lowest BCUT2D eigenvalue weighted by Gasteiger charge is -2.40. The zero-order chi connectivity index (χ0) is 21.1. The molecule has 0 N–H and O–H groups in total. The summed E-state index contributed by atoms with van der Waals surface area (Å²) >= 11 is 22.2. The van der Waals surface area contributed by atoms with Gasteiger partial charge in [0, 0.05) is 0 Å². The van der Waals surface area contributed by atoms with Gasteiger partial charge in [-0.2, -0.15) is 14.8 Å². The molecule has 0 spiro atoms. The Hall–Kier alpha value is -0.640. The number of rotatable bonds is 4. The molecule has 0 fully saturated rings. The molecule has 1 aromatic heterocycles. The molecule has 0 aliphatic carbocycles. The molecule has 0 aliphatic heterocycles. The molecule has 1 heterocycles. The van der Waals surface area contributed by atoms with Crippen molar-refractivity contribution in [3.05, 3.63) is 33.6 Å². The van der Waals surface area contributed by atoms with Crippen molar-refractivity contribution < 1.29 is 23.8 Å². The van der Waals surface area contributed by atoms with Crippen LogP contribution in [0.15, 0.2) is 21.9 Å². The van der Waals surface area contributed by atoms with Gasteiger partial charge in [0.2, 0.25) is 0 Å². The second-order valence-electron chi connectivity index (χ2n) is 5.04. The van der Waals surface area contributed by atoms with E-state index in [1.807, 2.05) is 0 Å². The first kappa shape index (κ1) is 22.6. The molecule has 15 heteroatoms. The zero-order valence-corrected chi connectivity index (χ0v) is 17.2. The van der Waals surface area contributed by atoms with Gasteiger partial charge < -0.3 is 0 Å². The fourth-order valence-electron chi connectivity index (χ4n) is 1.98. The van der Waals surface area contributed by atoms with Crippen LogP contribution < -0.4 is 0 Å². The van der Waals surface area contributed by atoms with Gasteiger partial charge in [-0.15, -0.1) is 0 Å². The molecule has 0 amide bonds. The fraction of sp³-hybridized carbons (Fsp3) is 0.167. The van der Waals surface area contributed by atoms with Crippen molar-refractivity contribution in [3.8, 4) is 11.8 Å². The normalized spacial score (nSPS) is 15.2. The highest BCUT2D eigenvalue weighted by Crippen LogP contribution is 3.02. The smallest absolute Gasteiger partial charge is 0.233 e. The van der Waals surface area contributed by atoms with Gasteiger partial charge in [0.05, 0.1) is 20.6 Å². The highest BCUT2D eigenvalue weighted by molar-refractivity contribution is 8.45. The summed E-state index contributed by atoms with van der Waals surface area (Å²) in [6, 6.07) is 1.60. The second-order valence-corrected chi connectivity index (χ2v) is 11.1. The van der Waals surface area contributed by atoms with Crippen LogP contribution in [0, 0.1) is 18.3 Å². The van der Waals surface area contributed by atoms with E-state index in [2.05, 4.69) is 5.10 Å². The Bertz CT molecular complexity index is 956. The minimum Gasteiger partial charge on any atom is -0.233 e. The van der Waals surface area contributed by atoms with Gasteiger partial charge in [-0.25, -0.2) is 4.68 Å². The Balaban J connectivity index is 2.73. The topological polar surface area (TPSA) is 41.6 Å². The van der Waals surface area contributed by atoms with Gasteiger partial charge in [0.15, 0.2) is 5.69 Å². The third kappa shape index (κ3) is 5.05. The number of thioether (sulfide) groups is 1. The molecule has 0 bridgehead atoms. The molecule has 27 heavy (non-hydrogen) atoms. The lowest BCUT2D eigenvalue weighted by Crippen LogP contribution is -2.08. The SMILES string of the molecule is Cc1c(SC(F)(Cl)Cl)c(C#N)nn1-c1c(Cl)cc(S(F)(F)(F)(F)F)cc1Cl. The third-order valence-corrected chi connectivity index (χ3v) is 6.12. The first-order valence-electron chi connectivity index (χ1n) is 6.33. The van der Waals surface area contributed by atoms with E-state index >= 15 is 0 Å². The Morgan fingerprint density at radius 2 is 1.63 bits per heavy atom. The number of hydrogen-bond acceptors (Lipinski definition) is 3. The van der Waals surface area contributed by atoms with Crippen molar-refractivity contribution in [2.24, 2.45) is 0 Å². The first-order chi connectivity index (χ1) is 11.8. The Morgan fingerprint density at radius 1 is 1.15 bits per heavy atom. The Morgan fingerprint density at radius 3 is 2.00 bits per heavy atom. The van der Waals surface area contributed by atoms with Gasteiger partial charge in [-0.05, 0) is 30.8 Å². The quantitative estimate of drug-likeness (QED) is 0.236. The summed E-state index contributed by atoms with van der Waals surface area (Å²) in [4.78, 5) is -2.44. The lowest BCUT2D eigenvalue weighted by molar-refractivity contribution is 0.364. The number of hydrogen-bond donors (Lipinski definition) is 0. The molecular formula is C12H5Cl4F6N3S2. The molecule has 2 aromatic rings. The van der Waals surface area contributed by atoms with Gasteiger partial charge in [0.1, 0.15) is 16.7 Å². The summed E-state index contributed by atoms with van der Waals surface area (Å²) in [5.41, 5.74) is -0.813. The minimum atomic E-state index is -10.0. The predicted octanol–water partition coefficient (Wildman–Crippen LogP) is 8.17. The first-order valence-corrected chi connectivity index (χ1v) is 10.6. The summed E-state index contributed by atoms with van der Waals surface area (Å²) in [7, 11) is -10.0. The molecule has 150 valence electrons. The van der Waals surface area contributed by atoms with Crippen LogP contribution in [-0.4, -0.2) is 13.7 Å².